The Labute approximate surface area is 202 Å². The lowest BCUT2D eigenvalue weighted by molar-refractivity contribution is -0.141. The molecule has 2 heterocycles. The number of thioether (sulfide) groups is 1. The number of carbonyl (C=O) groups is 3. The third-order valence-corrected chi connectivity index (χ3v) is 7.28. The smallest absolute Gasteiger partial charge is 0.327 e. The van der Waals surface area contributed by atoms with E-state index in [1.54, 1.807) is 37.5 Å². The number of piperidine rings is 1. The highest BCUT2D eigenvalue weighted by Crippen LogP contribution is 2.40. The van der Waals surface area contributed by atoms with E-state index in [4.69, 9.17) is 0 Å². The van der Waals surface area contributed by atoms with Gasteiger partial charge in [0.1, 0.15) is 12.4 Å². The number of rotatable bonds is 8. The number of carbonyl (C=O) groups excluding carboxylic acids is 3. The molecule has 1 saturated heterocycles. The number of hydrogen-bond acceptors (Lipinski definition) is 7. The number of nitrogens with zero attached hydrogens (tertiary/aromatic N) is 3. The molecular weight excluding hydrogens is 457 g/mol. The topological polar surface area (TPSA) is 81.5 Å². The second kappa shape index (κ2) is 10.7. The summed E-state index contributed by atoms with van der Waals surface area (Å²) < 4.78 is 21.0. The van der Waals surface area contributed by atoms with E-state index >= 15 is 0 Å². The molecule has 2 aliphatic rings. The molecule has 0 bridgehead atoms. The number of hydrogen-bond donors (Lipinski definition) is 0. The first-order valence-corrected chi connectivity index (χ1v) is 12.2. The first kappa shape index (κ1) is 24.3. The minimum atomic E-state index is -0.651. The molecule has 1 aromatic heterocycles. The largest absolute Gasteiger partial charge is 0.468 e. The van der Waals surface area contributed by atoms with Crippen LogP contribution in [0.4, 0.5) is 4.39 Å². The van der Waals surface area contributed by atoms with Gasteiger partial charge in [0.15, 0.2) is 10.9 Å². The molecule has 7 nitrogen and oxygen atoms in total. The fourth-order valence-corrected chi connectivity index (χ4v) is 5.26. The zero-order valence-electron chi connectivity index (χ0n) is 19.3. The molecule has 1 aromatic carbocycles. The molecule has 2 aromatic rings. The molecule has 0 N–H and O–H groups in total. The predicted octanol–water partition coefficient (Wildman–Crippen LogP) is 3.65. The van der Waals surface area contributed by atoms with Crippen molar-refractivity contribution in [1.82, 2.24) is 14.7 Å². The Kier molecular flexibility index (Phi) is 7.63. The Morgan fingerprint density at radius 3 is 2.71 bits per heavy atom. The van der Waals surface area contributed by atoms with Gasteiger partial charge in [-0.2, -0.15) is 5.10 Å². The number of benzene rings is 1. The molecule has 2 atom stereocenters. The quantitative estimate of drug-likeness (QED) is 0.528. The Bertz CT molecular complexity index is 1110. The molecule has 1 aliphatic carbocycles. The molecule has 0 amide bonds. The fourth-order valence-electron chi connectivity index (χ4n) is 4.35. The van der Waals surface area contributed by atoms with E-state index in [-0.39, 0.29) is 34.4 Å². The molecule has 1 aliphatic heterocycles. The van der Waals surface area contributed by atoms with E-state index in [0.29, 0.717) is 25.1 Å². The van der Waals surface area contributed by atoms with Crippen molar-refractivity contribution in [2.45, 2.75) is 44.0 Å². The van der Waals surface area contributed by atoms with Crippen molar-refractivity contribution in [1.29, 1.82) is 0 Å². The molecule has 180 valence electrons. The Morgan fingerprint density at radius 2 is 2.03 bits per heavy atom. The van der Waals surface area contributed by atoms with Crippen molar-refractivity contribution in [3.8, 4) is 0 Å². The molecule has 0 radical (unpaired) electrons. The number of halogens is 1. The SMILES string of the molecule is COC(=O)Cn1cc(/C=C2\CN(C(C(=O)C3CC3)c3ccccc3F)CCC2SC(C)=O)cn1. The van der Waals surface area contributed by atoms with Crippen molar-refractivity contribution in [3.63, 3.8) is 0 Å². The van der Waals surface area contributed by atoms with Crippen LogP contribution < -0.4 is 0 Å². The molecule has 0 spiro atoms. The highest BCUT2D eigenvalue weighted by atomic mass is 32.2. The first-order chi connectivity index (χ1) is 16.4. The summed E-state index contributed by atoms with van der Waals surface area (Å²) in [4.78, 5) is 38.8. The highest BCUT2D eigenvalue weighted by Gasteiger charge is 2.41. The minimum Gasteiger partial charge on any atom is -0.468 e. The van der Waals surface area contributed by atoms with E-state index in [1.807, 2.05) is 11.0 Å². The van der Waals surface area contributed by atoms with Gasteiger partial charge in [-0.1, -0.05) is 36.0 Å². The molecule has 2 fully saturated rings. The summed E-state index contributed by atoms with van der Waals surface area (Å²) >= 11 is 1.27. The molecule has 2 unspecified atom stereocenters. The second-order valence-corrected chi connectivity index (χ2v) is 10.1. The molecule has 1 saturated carbocycles. The van der Waals surface area contributed by atoms with Gasteiger partial charge < -0.3 is 4.74 Å². The van der Waals surface area contributed by atoms with E-state index in [0.717, 1.165) is 24.0 Å². The summed E-state index contributed by atoms with van der Waals surface area (Å²) in [5.74, 6) is -0.732. The second-order valence-electron chi connectivity index (χ2n) is 8.72. The summed E-state index contributed by atoms with van der Waals surface area (Å²) in [5, 5.41) is 4.18. The normalized spacial score (nSPS) is 20.8. The van der Waals surface area contributed by atoms with Gasteiger partial charge >= 0.3 is 5.97 Å². The lowest BCUT2D eigenvalue weighted by Crippen LogP contribution is -2.43. The number of ketones is 1. The maximum atomic E-state index is 14.8. The molecule has 9 heteroatoms. The van der Waals surface area contributed by atoms with Crippen LogP contribution in [-0.4, -0.2) is 57.0 Å². The summed E-state index contributed by atoms with van der Waals surface area (Å²) in [6.07, 6.45) is 7.70. The lowest BCUT2D eigenvalue weighted by Gasteiger charge is -2.38. The lowest BCUT2D eigenvalue weighted by atomic mass is 9.93. The predicted molar refractivity (Wildman–Crippen MR) is 127 cm³/mol. The summed E-state index contributed by atoms with van der Waals surface area (Å²) in [5.41, 5.74) is 2.15. The average Bonchev–Trinajstić information content (AvgIpc) is 3.57. The van der Waals surface area contributed by atoms with E-state index < -0.39 is 12.0 Å². The van der Waals surface area contributed by atoms with Crippen molar-refractivity contribution < 1.29 is 23.5 Å². The van der Waals surface area contributed by atoms with Crippen LogP contribution in [0.3, 0.4) is 0 Å². The van der Waals surface area contributed by atoms with Crippen LogP contribution in [0.2, 0.25) is 0 Å². The summed E-state index contributed by atoms with van der Waals surface area (Å²) in [6.45, 7) is 2.57. The molecule has 34 heavy (non-hydrogen) atoms. The highest BCUT2D eigenvalue weighted by molar-refractivity contribution is 8.14. The van der Waals surface area contributed by atoms with Gasteiger partial charge in [-0.25, -0.2) is 4.39 Å². The number of aromatic nitrogens is 2. The maximum absolute atomic E-state index is 14.8. The maximum Gasteiger partial charge on any atom is 0.327 e. The van der Waals surface area contributed by atoms with E-state index in [1.165, 1.54) is 29.6 Å². The summed E-state index contributed by atoms with van der Waals surface area (Å²) in [6, 6.07) is 5.83. The zero-order chi connectivity index (χ0) is 24.2. The Morgan fingerprint density at radius 1 is 1.26 bits per heavy atom. The number of methoxy groups -OCH3 is 1. The molecule has 4 rings (SSSR count). The van der Waals surface area contributed by atoms with Gasteiger partial charge in [0.2, 0.25) is 0 Å². The van der Waals surface area contributed by atoms with Gasteiger partial charge in [0.05, 0.1) is 19.3 Å². The van der Waals surface area contributed by atoms with Crippen molar-refractivity contribution >= 4 is 34.7 Å². The van der Waals surface area contributed by atoms with Crippen LogP contribution in [0.5, 0.6) is 0 Å². The fraction of sp³-hybridized carbons (Fsp3) is 0.440. The van der Waals surface area contributed by atoms with Gasteiger partial charge in [-0.15, -0.1) is 0 Å². The van der Waals surface area contributed by atoms with Crippen molar-refractivity contribution in [2.75, 3.05) is 20.2 Å². The van der Waals surface area contributed by atoms with Crippen LogP contribution in [-0.2, 0) is 25.7 Å². The van der Waals surface area contributed by atoms with E-state index in [2.05, 4.69) is 9.84 Å². The van der Waals surface area contributed by atoms with Crippen molar-refractivity contribution in [3.05, 3.63) is 59.2 Å². The minimum absolute atomic E-state index is 0.00265. The molecular formula is C25H28FN3O4S. The van der Waals surface area contributed by atoms with Crippen molar-refractivity contribution in [2.24, 2.45) is 5.92 Å². The zero-order valence-corrected chi connectivity index (χ0v) is 20.1. The number of ether oxygens (including phenoxy) is 1. The third-order valence-electron chi connectivity index (χ3n) is 6.12. The number of Topliss-reactive ketones (excluding diaryl/α,β-unsaturated/α-hetero) is 1. The standard InChI is InChI=1S/C25H28FN3O4S/c1-16(30)34-22-9-10-28(14-19(22)11-17-12-27-29(13-17)15-23(31)33-2)24(25(32)18-7-8-18)20-5-3-4-6-21(20)26/h3-6,11-13,18,22,24H,7-10,14-15H2,1-2H3/b19-11+. The first-order valence-electron chi connectivity index (χ1n) is 11.3. The van der Waals surface area contributed by atoms with Crippen LogP contribution in [0.25, 0.3) is 6.08 Å². The monoisotopic (exact) mass is 485 g/mol. The van der Waals surface area contributed by atoms with Crippen LogP contribution >= 0.6 is 11.8 Å². The average molecular weight is 486 g/mol. The van der Waals surface area contributed by atoms with E-state index in [9.17, 15) is 18.8 Å². The number of esters is 1. The third kappa shape index (κ3) is 5.82. The Balaban J connectivity index is 1.63. The van der Waals surface area contributed by atoms with Gasteiger partial charge in [-0.05, 0) is 30.9 Å². The Hall–Kier alpha value is -2.78. The van der Waals surface area contributed by atoms with Crippen LogP contribution in [0.1, 0.15) is 43.4 Å². The van der Waals surface area contributed by atoms with Gasteiger partial charge in [0, 0.05) is 48.5 Å². The van der Waals surface area contributed by atoms with Crippen LogP contribution in [0, 0.1) is 11.7 Å². The summed E-state index contributed by atoms with van der Waals surface area (Å²) in [7, 11) is 1.32. The van der Waals surface area contributed by atoms with Gasteiger partial charge in [0.25, 0.3) is 0 Å². The van der Waals surface area contributed by atoms with Crippen LogP contribution in [0.15, 0.2) is 42.2 Å². The number of likely N-dealkylation sites (tertiary alicyclic amines) is 1. The van der Waals surface area contributed by atoms with Gasteiger partial charge in [-0.3, -0.25) is 24.0 Å².